The van der Waals surface area contributed by atoms with Crippen LogP contribution in [0.5, 0.6) is 0 Å². The fraction of sp³-hybridized carbons (Fsp3) is 0.333. The molecule has 0 unspecified atom stereocenters. The lowest BCUT2D eigenvalue weighted by Crippen LogP contribution is -2.39. The van der Waals surface area contributed by atoms with Crippen molar-refractivity contribution in [2.24, 2.45) is 0 Å². The average Bonchev–Trinajstić information content (AvgIpc) is 3.10. The zero-order chi connectivity index (χ0) is 14.1. The van der Waals surface area contributed by atoms with Gasteiger partial charge in [0.2, 0.25) is 5.88 Å². The summed E-state index contributed by atoms with van der Waals surface area (Å²) in [4.78, 5) is 31.6. The predicted molar refractivity (Wildman–Crippen MR) is 70.9 cm³/mol. The van der Waals surface area contributed by atoms with Gasteiger partial charge in [0.05, 0.1) is 12.5 Å². The maximum absolute atomic E-state index is 12.5. The summed E-state index contributed by atoms with van der Waals surface area (Å²) in [5.41, 5.74) is -0.326. The van der Waals surface area contributed by atoms with Crippen LogP contribution in [0.3, 0.4) is 0 Å². The van der Waals surface area contributed by atoms with Crippen molar-refractivity contribution in [2.75, 3.05) is 0 Å². The highest BCUT2D eigenvalue weighted by molar-refractivity contribution is 5.70. The Hall–Kier alpha value is -2.64. The van der Waals surface area contributed by atoms with E-state index in [-0.39, 0.29) is 22.6 Å². The standard InChI is InChI=1S/C12H13N5O3/c1-2-3-6-16-11(18)9-10(14-7-13-9)17(12(16)19)8-4-5-15-20-8/h4-5,7H,2-3,6H2,1H3,(H,13,14). The second kappa shape index (κ2) is 4.80. The van der Waals surface area contributed by atoms with Crippen molar-refractivity contribution in [3.63, 3.8) is 0 Å². The number of hydrogen-bond acceptors (Lipinski definition) is 5. The molecule has 8 heteroatoms. The van der Waals surface area contributed by atoms with E-state index in [9.17, 15) is 9.59 Å². The van der Waals surface area contributed by atoms with Crippen molar-refractivity contribution in [1.29, 1.82) is 0 Å². The van der Waals surface area contributed by atoms with E-state index in [1.165, 1.54) is 21.7 Å². The van der Waals surface area contributed by atoms with Gasteiger partial charge < -0.3 is 9.51 Å². The molecule has 0 saturated heterocycles. The summed E-state index contributed by atoms with van der Waals surface area (Å²) in [5.74, 6) is 0.234. The topological polar surface area (TPSA) is 98.7 Å². The van der Waals surface area contributed by atoms with Gasteiger partial charge in [-0.05, 0) is 6.42 Å². The minimum atomic E-state index is -0.472. The quantitative estimate of drug-likeness (QED) is 0.754. The maximum atomic E-state index is 12.5. The smallest absolute Gasteiger partial charge is 0.339 e. The molecule has 104 valence electrons. The number of imidazole rings is 1. The van der Waals surface area contributed by atoms with E-state index in [1.54, 1.807) is 6.07 Å². The largest absolute Gasteiger partial charge is 0.339 e. The Labute approximate surface area is 112 Å². The van der Waals surface area contributed by atoms with Crippen LogP contribution >= 0.6 is 0 Å². The number of nitrogens with one attached hydrogen (secondary N) is 1. The van der Waals surface area contributed by atoms with Crippen LogP contribution in [-0.4, -0.2) is 24.3 Å². The number of unbranched alkanes of at least 4 members (excludes halogenated alkanes) is 1. The van der Waals surface area contributed by atoms with Gasteiger partial charge >= 0.3 is 5.69 Å². The lowest BCUT2D eigenvalue weighted by molar-refractivity contribution is 0.401. The van der Waals surface area contributed by atoms with E-state index in [0.717, 1.165) is 12.8 Å². The summed E-state index contributed by atoms with van der Waals surface area (Å²) in [6.45, 7) is 2.35. The number of hydrogen-bond donors (Lipinski definition) is 1. The van der Waals surface area contributed by atoms with Gasteiger partial charge in [-0.2, -0.15) is 0 Å². The average molecular weight is 275 g/mol. The van der Waals surface area contributed by atoms with Crippen LogP contribution in [0.25, 0.3) is 17.0 Å². The number of fused-ring (bicyclic) bond motifs is 1. The molecule has 3 aromatic heterocycles. The third-order valence-electron chi connectivity index (χ3n) is 3.09. The summed E-state index contributed by atoms with van der Waals surface area (Å²) in [6.07, 6.45) is 4.44. The molecule has 0 bridgehead atoms. The van der Waals surface area contributed by atoms with E-state index in [2.05, 4.69) is 15.1 Å². The summed E-state index contributed by atoms with van der Waals surface area (Å²) in [7, 11) is 0. The molecule has 0 spiro atoms. The van der Waals surface area contributed by atoms with Gasteiger partial charge in [-0.25, -0.2) is 14.3 Å². The van der Waals surface area contributed by atoms with E-state index in [4.69, 9.17) is 4.52 Å². The van der Waals surface area contributed by atoms with Crippen LogP contribution in [0.2, 0.25) is 0 Å². The first-order valence-corrected chi connectivity index (χ1v) is 6.34. The second-order valence-corrected chi connectivity index (χ2v) is 4.38. The van der Waals surface area contributed by atoms with E-state index < -0.39 is 5.69 Å². The van der Waals surface area contributed by atoms with E-state index in [1.807, 2.05) is 6.92 Å². The Morgan fingerprint density at radius 2 is 2.25 bits per heavy atom. The maximum Gasteiger partial charge on any atom is 0.339 e. The predicted octanol–water partition coefficient (Wildman–Crippen LogP) is 0.664. The number of H-pyrrole nitrogens is 1. The molecule has 3 heterocycles. The third kappa shape index (κ3) is 1.77. The molecule has 0 atom stereocenters. The zero-order valence-corrected chi connectivity index (χ0v) is 10.9. The molecule has 0 fully saturated rings. The Balaban J connectivity index is 2.36. The zero-order valence-electron chi connectivity index (χ0n) is 10.9. The molecule has 0 aliphatic heterocycles. The Morgan fingerprint density at radius 1 is 1.40 bits per heavy atom. The summed E-state index contributed by atoms with van der Waals surface area (Å²) >= 11 is 0. The molecule has 0 saturated carbocycles. The van der Waals surface area contributed by atoms with Gasteiger partial charge in [0.1, 0.15) is 5.52 Å². The lowest BCUT2D eigenvalue weighted by atomic mass is 10.3. The first kappa shape index (κ1) is 12.4. The Morgan fingerprint density at radius 3 is 2.95 bits per heavy atom. The van der Waals surface area contributed by atoms with Gasteiger partial charge in [0.15, 0.2) is 5.65 Å². The first-order valence-electron chi connectivity index (χ1n) is 6.34. The van der Waals surface area contributed by atoms with Gasteiger partial charge in [-0.15, -0.1) is 0 Å². The van der Waals surface area contributed by atoms with Crippen molar-refractivity contribution in [1.82, 2.24) is 24.3 Å². The summed E-state index contributed by atoms with van der Waals surface area (Å²) < 4.78 is 7.45. The van der Waals surface area contributed by atoms with Crippen LogP contribution in [0.1, 0.15) is 19.8 Å². The molecule has 0 aliphatic rings. The van der Waals surface area contributed by atoms with Crippen molar-refractivity contribution in [3.8, 4) is 5.88 Å². The molecule has 20 heavy (non-hydrogen) atoms. The number of aromatic amines is 1. The molecule has 0 aliphatic carbocycles. The molecule has 1 N–H and O–H groups in total. The Bertz CT molecular complexity index is 840. The molecule has 0 aromatic carbocycles. The van der Waals surface area contributed by atoms with Gasteiger partial charge in [0.25, 0.3) is 5.56 Å². The third-order valence-corrected chi connectivity index (χ3v) is 3.09. The first-order chi connectivity index (χ1) is 9.74. The molecule has 8 nitrogen and oxygen atoms in total. The highest BCUT2D eigenvalue weighted by atomic mass is 16.5. The SMILES string of the molecule is CCCCn1c(=O)c2[nH]cnc2n(-c2ccno2)c1=O. The van der Waals surface area contributed by atoms with Gasteiger partial charge in [0, 0.05) is 12.6 Å². The highest BCUT2D eigenvalue weighted by Gasteiger charge is 2.17. The number of rotatable bonds is 4. The van der Waals surface area contributed by atoms with Crippen molar-refractivity contribution >= 4 is 11.2 Å². The van der Waals surface area contributed by atoms with E-state index >= 15 is 0 Å². The van der Waals surface area contributed by atoms with Crippen LogP contribution < -0.4 is 11.2 Å². The van der Waals surface area contributed by atoms with Gasteiger partial charge in [-0.3, -0.25) is 9.36 Å². The molecule has 0 radical (unpaired) electrons. The van der Waals surface area contributed by atoms with Crippen LogP contribution in [-0.2, 0) is 6.54 Å². The van der Waals surface area contributed by atoms with Crippen molar-refractivity contribution in [2.45, 2.75) is 26.3 Å². The van der Waals surface area contributed by atoms with Crippen molar-refractivity contribution in [3.05, 3.63) is 39.4 Å². The monoisotopic (exact) mass is 275 g/mol. The molecular weight excluding hydrogens is 262 g/mol. The van der Waals surface area contributed by atoms with Crippen LogP contribution in [0.4, 0.5) is 0 Å². The van der Waals surface area contributed by atoms with Gasteiger partial charge in [-0.1, -0.05) is 18.5 Å². The second-order valence-electron chi connectivity index (χ2n) is 4.38. The number of nitrogens with zero attached hydrogens (tertiary/aromatic N) is 4. The lowest BCUT2D eigenvalue weighted by Gasteiger charge is -2.08. The van der Waals surface area contributed by atoms with Crippen LogP contribution in [0.15, 0.2) is 32.7 Å². The Kier molecular flexibility index (Phi) is 2.97. The minimum Gasteiger partial charge on any atom is -0.339 e. The normalized spacial score (nSPS) is 11.2. The van der Waals surface area contributed by atoms with E-state index in [0.29, 0.717) is 6.54 Å². The molecule has 3 aromatic rings. The fourth-order valence-electron chi connectivity index (χ4n) is 2.08. The van der Waals surface area contributed by atoms with Crippen molar-refractivity contribution < 1.29 is 4.52 Å². The highest BCUT2D eigenvalue weighted by Crippen LogP contribution is 2.09. The molecule has 3 rings (SSSR count). The molecule has 0 amide bonds. The summed E-state index contributed by atoms with van der Waals surface area (Å²) in [5, 5.41) is 3.59. The van der Waals surface area contributed by atoms with Crippen LogP contribution in [0, 0.1) is 0 Å². The minimum absolute atomic E-state index is 0.234. The summed E-state index contributed by atoms with van der Waals surface area (Å²) in [6, 6.07) is 1.55. The fourth-order valence-corrected chi connectivity index (χ4v) is 2.08. The molecular formula is C12H13N5O3. The number of aromatic nitrogens is 5.